The lowest BCUT2D eigenvalue weighted by atomic mass is 10.1. The number of aromatic nitrogens is 2. The summed E-state index contributed by atoms with van der Waals surface area (Å²) in [6.07, 6.45) is 2.57. The Labute approximate surface area is 86.7 Å². The number of hydrogen-bond acceptors (Lipinski definition) is 3. The number of rotatable bonds is 5. The normalized spacial score (nSPS) is 12.4. The number of carbonyl (C=O) groups excluding carboxylic acids is 1. The monoisotopic (exact) mass is 213 g/mol. The van der Waals surface area contributed by atoms with Crippen LogP contribution in [-0.4, -0.2) is 33.6 Å². The number of H-pyrrole nitrogens is 2. The summed E-state index contributed by atoms with van der Waals surface area (Å²) in [6, 6.07) is -0.0686. The van der Waals surface area contributed by atoms with Crippen LogP contribution < -0.4 is 11.0 Å². The molecule has 0 saturated heterocycles. The number of imidazole rings is 1. The third-order valence-corrected chi connectivity index (χ3v) is 2.15. The third-order valence-electron chi connectivity index (χ3n) is 2.15. The second kappa shape index (κ2) is 5.35. The minimum Gasteiger partial charge on any atom is -0.396 e. The molecule has 1 unspecified atom stereocenters. The minimum absolute atomic E-state index is 0.0302. The van der Waals surface area contributed by atoms with Crippen molar-refractivity contribution in [3.05, 3.63) is 22.4 Å². The molecule has 15 heavy (non-hydrogen) atoms. The van der Waals surface area contributed by atoms with Crippen LogP contribution in [0, 0.1) is 0 Å². The van der Waals surface area contributed by atoms with Gasteiger partial charge in [0.1, 0.15) is 5.69 Å². The zero-order valence-corrected chi connectivity index (χ0v) is 8.54. The van der Waals surface area contributed by atoms with E-state index in [1.54, 1.807) is 0 Å². The van der Waals surface area contributed by atoms with E-state index in [4.69, 9.17) is 5.11 Å². The van der Waals surface area contributed by atoms with Crippen LogP contribution in [0.5, 0.6) is 0 Å². The van der Waals surface area contributed by atoms with Crippen LogP contribution in [0.1, 0.15) is 30.3 Å². The highest BCUT2D eigenvalue weighted by Gasteiger charge is 2.12. The summed E-state index contributed by atoms with van der Waals surface area (Å²) in [7, 11) is 0. The van der Waals surface area contributed by atoms with E-state index < -0.39 is 5.69 Å². The molecule has 6 nitrogen and oxygen atoms in total. The van der Waals surface area contributed by atoms with Gasteiger partial charge in [-0.05, 0) is 12.8 Å². The van der Waals surface area contributed by atoms with Gasteiger partial charge in [-0.25, -0.2) is 4.79 Å². The average Bonchev–Trinajstić information content (AvgIpc) is 2.64. The first-order valence-electron chi connectivity index (χ1n) is 4.86. The van der Waals surface area contributed by atoms with E-state index in [0.29, 0.717) is 6.42 Å². The molecular formula is C9H15N3O3. The van der Waals surface area contributed by atoms with E-state index in [9.17, 15) is 9.59 Å². The molecule has 84 valence electrons. The van der Waals surface area contributed by atoms with Gasteiger partial charge in [-0.15, -0.1) is 0 Å². The number of carbonyl (C=O) groups is 1. The van der Waals surface area contributed by atoms with Gasteiger partial charge in [0, 0.05) is 18.8 Å². The summed E-state index contributed by atoms with van der Waals surface area (Å²) in [5.41, 5.74) is -0.202. The molecule has 0 aromatic carbocycles. The standard InChI is InChI=1S/C9H15N3O3/c1-2-6(3-4-13)11-8(14)7-5-10-9(15)12-7/h5-6,13H,2-4H2,1H3,(H,11,14)(H2,10,12,15). The van der Waals surface area contributed by atoms with Crippen molar-refractivity contribution in [1.82, 2.24) is 15.3 Å². The Morgan fingerprint density at radius 3 is 2.87 bits per heavy atom. The van der Waals surface area contributed by atoms with Crippen LogP contribution in [0.15, 0.2) is 11.0 Å². The Morgan fingerprint density at radius 1 is 1.67 bits per heavy atom. The van der Waals surface area contributed by atoms with Gasteiger partial charge in [-0.2, -0.15) is 0 Å². The largest absolute Gasteiger partial charge is 0.396 e. The Kier molecular flexibility index (Phi) is 4.11. The molecule has 0 fully saturated rings. The van der Waals surface area contributed by atoms with E-state index in [1.165, 1.54) is 6.20 Å². The fraction of sp³-hybridized carbons (Fsp3) is 0.556. The predicted octanol–water partition coefficient (Wildman–Crippen LogP) is -0.406. The van der Waals surface area contributed by atoms with Crippen LogP contribution in [0.4, 0.5) is 0 Å². The Hall–Kier alpha value is -1.56. The predicted molar refractivity (Wildman–Crippen MR) is 54.7 cm³/mol. The molecule has 1 atom stereocenters. The van der Waals surface area contributed by atoms with E-state index in [1.807, 2.05) is 6.92 Å². The van der Waals surface area contributed by atoms with Crippen LogP contribution >= 0.6 is 0 Å². The Bertz CT molecular complexity index is 369. The van der Waals surface area contributed by atoms with Gasteiger partial charge in [0.15, 0.2) is 0 Å². The minimum atomic E-state index is -0.407. The average molecular weight is 213 g/mol. The van der Waals surface area contributed by atoms with Crippen molar-refractivity contribution < 1.29 is 9.90 Å². The van der Waals surface area contributed by atoms with E-state index in [0.717, 1.165) is 6.42 Å². The van der Waals surface area contributed by atoms with Gasteiger partial charge in [0.25, 0.3) is 5.91 Å². The van der Waals surface area contributed by atoms with Crippen molar-refractivity contribution >= 4 is 5.91 Å². The molecular weight excluding hydrogens is 198 g/mol. The van der Waals surface area contributed by atoms with Crippen molar-refractivity contribution in [2.45, 2.75) is 25.8 Å². The molecule has 1 aromatic rings. The van der Waals surface area contributed by atoms with Crippen molar-refractivity contribution in [1.29, 1.82) is 0 Å². The first-order chi connectivity index (χ1) is 7.17. The molecule has 0 aliphatic heterocycles. The molecule has 1 rings (SSSR count). The summed E-state index contributed by atoms with van der Waals surface area (Å²) in [5.74, 6) is -0.339. The first-order valence-corrected chi connectivity index (χ1v) is 4.86. The highest BCUT2D eigenvalue weighted by atomic mass is 16.3. The molecule has 0 spiro atoms. The Balaban J connectivity index is 2.58. The van der Waals surface area contributed by atoms with Crippen molar-refractivity contribution in [2.75, 3.05) is 6.61 Å². The maximum atomic E-state index is 11.5. The van der Waals surface area contributed by atoms with Crippen molar-refractivity contribution in [2.24, 2.45) is 0 Å². The lowest BCUT2D eigenvalue weighted by Crippen LogP contribution is -2.35. The molecule has 0 aliphatic carbocycles. The molecule has 1 amide bonds. The van der Waals surface area contributed by atoms with E-state index in [-0.39, 0.29) is 24.2 Å². The molecule has 0 aliphatic rings. The number of hydrogen-bond donors (Lipinski definition) is 4. The lowest BCUT2D eigenvalue weighted by molar-refractivity contribution is 0.0924. The SMILES string of the molecule is CCC(CCO)NC(=O)c1c[nH]c(=O)[nH]1. The summed E-state index contributed by atoms with van der Waals surface area (Å²) < 4.78 is 0. The number of aliphatic hydroxyl groups is 1. The van der Waals surface area contributed by atoms with Crippen molar-refractivity contribution in [3.63, 3.8) is 0 Å². The molecule has 0 bridgehead atoms. The maximum absolute atomic E-state index is 11.5. The molecule has 6 heteroatoms. The van der Waals surface area contributed by atoms with Crippen LogP contribution in [0.25, 0.3) is 0 Å². The highest BCUT2D eigenvalue weighted by molar-refractivity contribution is 5.92. The number of aliphatic hydroxyl groups excluding tert-OH is 1. The molecule has 0 saturated carbocycles. The van der Waals surface area contributed by atoms with E-state index >= 15 is 0 Å². The fourth-order valence-electron chi connectivity index (χ4n) is 1.25. The topological polar surface area (TPSA) is 98.0 Å². The summed E-state index contributed by atoms with van der Waals surface area (Å²) in [6.45, 7) is 1.95. The highest BCUT2D eigenvalue weighted by Crippen LogP contribution is 1.98. The molecule has 1 heterocycles. The third kappa shape index (κ3) is 3.25. The van der Waals surface area contributed by atoms with Gasteiger partial charge >= 0.3 is 5.69 Å². The fourth-order valence-corrected chi connectivity index (χ4v) is 1.25. The smallest absolute Gasteiger partial charge is 0.323 e. The lowest BCUT2D eigenvalue weighted by Gasteiger charge is -2.14. The zero-order valence-electron chi connectivity index (χ0n) is 8.54. The zero-order chi connectivity index (χ0) is 11.3. The van der Waals surface area contributed by atoms with Gasteiger partial charge in [-0.3, -0.25) is 4.79 Å². The van der Waals surface area contributed by atoms with Gasteiger partial charge < -0.3 is 20.4 Å². The van der Waals surface area contributed by atoms with Crippen molar-refractivity contribution in [3.8, 4) is 0 Å². The number of nitrogens with one attached hydrogen (secondary N) is 3. The molecule has 1 aromatic heterocycles. The molecule has 4 N–H and O–H groups in total. The maximum Gasteiger partial charge on any atom is 0.323 e. The first kappa shape index (κ1) is 11.5. The second-order valence-electron chi connectivity index (χ2n) is 3.25. The summed E-state index contributed by atoms with van der Waals surface area (Å²) in [4.78, 5) is 27.0. The number of aromatic amines is 2. The van der Waals surface area contributed by atoms with Crippen LogP contribution in [0.2, 0.25) is 0 Å². The van der Waals surface area contributed by atoms with E-state index in [2.05, 4.69) is 15.3 Å². The van der Waals surface area contributed by atoms with Gasteiger partial charge in [-0.1, -0.05) is 6.92 Å². The molecule has 0 radical (unpaired) electrons. The van der Waals surface area contributed by atoms with Crippen LogP contribution in [0.3, 0.4) is 0 Å². The van der Waals surface area contributed by atoms with Gasteiger partial charge in [0.2, 0.25) is 0 Å². The Morgan fingerprint density at radius 2 is 2.40 bits per heavy atom. The number of amides is 1. The second-order valence-corrected chi connectivity index (χ2v) is 3.25. The van der Waals surface area contributed by atoms with Crippen LogP contribution in [-0.2, 0) is 0 Å². The van der Waals surface area contributed by atoms with Gasteiger partial charge in [0.05, 0.1) is 0 Å². The quantitative estimate of drug-likeness (QED) is 0.535. The summed E-state index contributed by atoms with van der Waals surface area (Å²) in [5, 5.41) is 11.4. The summed E-state index contributed by atoms with van der Waals surface area (Å²) >= 11 is 0.